The summed E-state index contributed by atoms with van der Waals surface area (Å²) < 4.78 is 5.66. The lowest BCUT2D eigenvalue weighted by Crippen LogP contribution is -2.33. The highest BCUT2D eigenvalue weighted by molar-refractivity contribution is 5.95. The zero-order valence-electron chi connectivity index (χ0n) is 20.9. The maximum absolute atomic E-state index is 5.66. The Morgan fingerprint density at radius 3 is 2.69 bits per heavy atom. The molecular weight excluding hydrogens is 454 g/mol. The average Bonchev–Trinajstić information content (AvgIpc) is 3.33. The van der Waals surface area contributed by atoms with Crippen LogP contribution in [-0.2, 0) is 17.7 Å². The van der Waals surface area contributed by atoms with Crippen LogP contribution in [0, 0.1) is 0 Å². The molecule has 1 atom stereocenters. The van der Waals surface area contributed by atoms with E-state index in [1.54, 1.807) is 12.4 Å². The van der Waals surface area contributed by atoms with Crippen molar-refractivity contribution >= 4 is 23.4 Å². The number of fused-ring (bicyclic) bond motifs is 1. The van der Waals surface area contributed by atoms with Gasteiger partial charge in [0.2, 0.25) is 5.95 Å². The Bertz CT molecular complexity index is 1180. The summed E-state index contributed by atoms with van der Waals surface area (Å²) in [6.07, 6.45) is 5.38. The minimum absolute atomic E-state index is 0.356. The van der Waals surface area contributed by atoms with Crippen molar-refractivity contribution in [3.63, 3.8) is 0 Å². The Balaban J connectivity index is 1.38. The monoisotopic (exact) mass is 487 g/mol. The lowest BCUT2D eigenvalue weighted by atomic mass is 10.0. The Labute approximate surface area is 211 Å². The summed E-state index contributed by atoms with van der Waals surface area (Å²) in [7, 11) is 0. The third-order valence-corrected chi connectivity index (χ3v) is 6.10. The Morgan fingerprint density at radius 1 is 1.11 bits per heavy atom. The number of nitrogens with one attached hydrogen (secondary N) is 3. The molecule has 0 radical (unpaired) electrons. The standard InChI is InChI=1S/C26H33N9O/c1-3-14-36-15-12-27-24-21-9-13-35(26-28-10-4-11-29-26)17-22(21)33-23(34-24)19-5-7-20(8-6-19)32-25-30-16-18(2)31-25/h4-8,10-11,18H,3,9,12-17H2,1-2H3,(H,27,33,34)(H2,30,31,32). The zero-order valence-corrected chi connectivity index (χ0v) is 20.9. The first kappa shape index (κ1) is 23.9. The van der Waals surface area contributed by atoms with E-state index >= 15 is 0 Å². The molecule has 36 heavy (non-hydrogen) atoms. The first-order valence-corrected chi connectivity index (χ1v) is 12.6. The first-order chi connectivity index (χ1) is 17.7. The quantitative estimate of drug-likeness (QED) is 0.392. The molecule has 0 fully saturated rings. The van der Waals surface area contributed by atoms with Gasteiger partial charge in [0, 0.05) is 54.9 Å². The second-order valence-corrected chi connectivity index (χ2v) is 9.02. The SMILES string of the molecule is CCCOCCNc1nc(-c2ccc(NC3=NCC(C)N3)cc2)nc2c1CCN(c1ncccn1)C2. The zero-order chi connectivity index (χ0) is 24.7. The number of rotatable bonds is 9. The molecule has 2 aromatic heterocycles. The number of aliphatic imine (C=N–C) groups is 1. The van der Waals surface area contributed by atoms with Crippen molar-refractivity contribution in [1.29, 1.82) is 0 Å². The van der Waals surface area contributed by atoms with E-state index < -0.39 is 0 Å². The summed E-state index contributed by atoms with van der Waals surface area (Å²) in [4.78, 5) is 25.4. The molecule has 4 heterocycles. The molecule has 0 bridgehead atoms. The molecule has 2 aliphatic rings. The van der Waals surface area contributed by atoms with Gasteiger partial charge in [-0.3, -0.25) is 4.99 Å². The number of guanidine groups is 1. The molecule has 10 nitrogen and oxygen atoms in total. The summed E-state index contributed by atoms with van der Waals surface area (Å²) in [6.45, 7) is 8.57. The van der Waals surface area contributed by atoms with E-state index in [-0.39, 0.29) is 0 Å². The Morgan fingerprint density at radius 2 is 1.94 bits per heavy atom. The van der Waals surface area contributed by atoms with Crippen LogP contribution in [-0.4, -0.2) is 64.8 Å². The van der Waals surface area contributed by atoms with Crippen LogP contribution in [0.4, 0.5) is 17.5 Å². The molecule has 1 aromatic carbocycles. The van der Waals surface area contributed by atoms with Crippen LogP contribution in [0.3, 0.4) is 0 Å². The van der Waals surface area contributed by atoms with Crippen LogP contribution in [0.2, 0.25) is 0 Å². The molecule has 2 aliphatic heterocycles. The predicted molar refractivity (Wildman–Crippen MR) is 142 cm³/mol. The fourth-order valence-electron chi connectivity index (χ4n) is 4.29. The molecule has 0 amide bonds. The van der Waals surface area contributed by atoms with E-state index in [1.165, 1.54) is 0 Å². The van der Waals surface area contributed by atoms with Crippen LogP contribution in [0.15, 0.2) is 47.7 Å². The number of hydrogen-bond donors (Lipinski definition) is 3. The lowest BCUT2D eigenvalue weighted by Gasteiger charge is -2.29. The van der Waals surface area contributed by atoms with Gasteiger partial charge < -0.3 is 25.6 Å². The average molecular weight is 488 g/mol. The fourth-order valence-corrected chi connectivity index (χ4v) is 4.29. The van der Waals surface area contributed by atoms with E-state index in [4.69, 9.17) is 14.7 Å². The molecule has 3 aromatic rings. The Hall–Kier alpha value is -3.79. The van der Waals surface area contributed by atoms with E-state index in [1.807, 2.05) is 30.3 Å². The first-order valence-electron chi connectivity index (χ1n) is 12.6. The van der Waals surface area contributed by atoms with Gasteiger partial charge in [0.05, 0.1) is 25.4 Å². The topological polar surface area (TPSA) is 112 Å². The van der Waals surface area contributed by atoms with Crippen molar-refractivity contribution in [3.8, 4) is 11.4 Å². The maximum atomic E-state index is 5.66. The van der Waals surface area contributed by atoms with Crippen LogP contribution in [0.25, 0.3) is 11.4 Å². The van der Waals surface area contributed by atoms with Crippen LogP contribution in [0.5, 0.6) is 0 Å². The highest BCUT2D eigenvalue weighted by Gasteiger charge is 2.24. The second-order valence-electron chi connectivity index (χ2n) is 9.02. The summed E-state index contributed by atoms with van der Waals surface area (Å²) in [5.41, 5.74) is 4.07. The molecule has 0 spiro atoms. The second kappa shape index (κ2) is 11.3. The van der Waals surface area contributed by atoms with Gasteiger partial charge in [-0.15, -0.1) is 0 Å². The van der Waals surface area contributed by atoms with E-state index in [9.17, 15) is 0 Å². The van der Waals surface area contributed by atoms with Gasteiger partial charge in [-0.1, -0.05) is 6.92 Å². The van der Waals surface area contributed by atoms with E-state index in [0.29, 0.717) is 31.6 Å². The highest BCUT2D eigenvalue weighted by Crippen LogP contribution is 2.29. The maximum Gasteiger partial charge on any atom is 0.225 e. The van der Waals surface area contributed by atoms with Crippen LogP contribution < -0.4 is 20.9 Å². The molecule has 0 saturated carbocycles. The minimum Gasteiger partial charge on any atom is -0.380 e. The van der Waals surface area contributed by atoms with E-state index in [2.05, 4.69) is 49.7 Å². The molecule has 10 heteroatoms. The van der Waals surface area contributed by atoms with Crippen molar-refractivity contribution in [1.82, 2.24) is 25.3 Å². The number of nitrogens with zero attached hydrogens (tertiary/aromatic N) is 6. The summed E-state index contributed by atoms with van der Waals surface area (Å²) in [5.74, 6) is 3.10. The molecule has 188 valence electrons. The lowest BCUT2D eigenvalue weighted by molar-refractivity contribution is 0.144. The van der Waals surface area contributed by atoms with Crippen LogP contribution >= 0.6 is 0 Å². The summed E-state index contributed by atoms with van der Waals surface area (Å²) in [5, 5.41) is 10.1. The summed E-state index contributed by atoms with van der Waals surface area (Å²) >= 11 is 0. The largest absolute Gasteiger partial charge is 0.380 e. The minimum atomic E-state index is 0.356. The van der Waals surface area contributed by atoms with Gasteiger partial charge in [0.1, 0.15) is 5.82 Å². The fraction of sp³-hybridized carbons (Fsp3) is 0.423. The van der Waals surface area contributed by atoms with Crippen molar-refractivity contribution in [2.24, 2.45) is 4.99 Å². The number of hydrogen-bond acceptors (Lipinski definition) is 10. The Kier molecular flexibility index (Phi) is 7.51. The molecule has 0 aliphatic carbocycles. The van der Waals surface area contributed by atoms with Crippen molar-refractivity contribution < 1.29 is 4.74 Å². The molecule has 5 rings (SSSR count). The van der Waals surface area contributed by atoms with Crippen LogP contribution in [0.1, 0.15) is 31.5 Å². The van der Waals surface area contributed by atoms with Crippen molar-refractivity contribution in [3.05, 3.63) is 54.0 Å². The molecular formula is C26H33N9O. The predicted octanol–water partition coefficient (Wildman–Crippen LogP) is 3.09. The van der Waals surface area contributed by atoms with Crippen molar-refractivity contribution in [2.45, 2.75) is 39.3 Å². The number of benzene rings is 1. The molecule has 1 unspecified atom stereocenters. The van der Waals surface area contributed by atoms with Gasteiger partial charge in [-0.2, -0.15) is 0 Å². The van der Waals surface area contributed by atoms with Gasteiger partial charge in [-0.25, -0.2) is 19.9 Å². The van der Waals surface area contributed by atoms with E-state index in [0.717, 1.165) is 72.8 Å². The van der Waals surface area contributed by atoms with Gasteiger partial charge in [0.25, 0.3) is 0 Å². The normalized spacial score (nSPS) is 16.8. The molecule has 3 N–H and O–H groups in total. The molecule has 0 saturated heterocycles. The van der Waals surface area contributed by atoms with Gasteiger partial charge >= 0.3 is 0 Å². The van der Waals surface area contributed by atoms with Crippen molar-refractivity contribution in [2.75, 3.05) is 48.4 Å². The smallest absolute Gasteiger partial charge is 0.225 e. The highest BCUT2D eigenvalue weighted by atomic mass is 16.5. The van der Waals surface area contributed by atoms with Gasteiger partial charge in [0.15, 0.2) is 11.8 Å². The number of aromatic nitrogens is 4. The number of ether oxygens (including phenoxy) is 1. The third kappa shape index (κ3) is 5.71. The van der Waals surface area contributed by atoms with Gasteiger partial charge in [-0.05, 0) is 50.1 Å². The number of anilines is 3. The third-order valence-electron chi connectivity index (χ3n) is 6.10. The summed E-state index contributed by atoms with van der Waals surface area (Å²) in [6, 6.07) is 10.3.